The van der Waals surface area contributed by atoms with E-state index in [1.165, 1.54) is 0 Å². The van der Waals surface area contributed by atoms with Gasteiger partial charge in [0.2, 0.25) is 0 Å². The van der Waals surface area contributed by atoms with Gasteiger partial charge in [-0.3, -0.25) is 9.36 Å². The van der Waals surface area contributed by atoms with Crippen LogP contribution in [0.2, 0.25) is 0 Å². The lowest BCUT2D eigenvalue weighted by Crippen LogP contribution is -2.35. The number of carbonyl (C=O) groups excluding carboxylic acids is 1. The lowest BCUT2D eigenvalue weighted by Gasteiger charge is -2.24. The maximum Gasteiger partial charge on any atom is 0.410 e. The highest BCUT2D eigenvalue weighted by Crippen LogP contribution is 2.30. The topological polar surface area (TPSA) is 65.2 Å². The van der Waals surface area contributed by atoms with Crippen LogP contribution in [0.25, 0.3) is 11.4 Å². The molecule has 2 aromatic rings. The molecule has 1 aliphatic heterocycles. The molecule has 0 saturated carbocycles. The van der Waals surface area contributed by atoms with Crippen LogP contribution >= 0.6 is 15.9 Å². The lowest BCUT2D eigenvalue weighted by atomic mass is 10.2. The van der Waals surface area contributed by atoms with Crippen LogP contribution in [0.5, 0.6) is 0 Å². The van der Waals surface area contributed by atoms with Gasteiger partial charge in [-0.25, -0.2) is 4.79 Å². The van der Waals surface area contributed by atoms with Gasteiger partial charge in [0.05, 0.1) is 11.7 Å². The summed E-state index contributed by atoms with van der Waals surface area (Å²) >= 11 is 3.45. The number of aromatic nitrogens is 4. The zero-order valence-electron chi connectivity index (χ0n) is 14.4. The smallest absolute Gasteiger partial charge is 0.410 e. The molecular formula is C16H22BrN5O2. The Morgan fingerprint density at radius 1 is 1.38 bits per heavy atom. The Morgan fingerprint density at radius 3 is 2.75 bits per heavy atom. The molecule has 24 heavy (non-hydrogen) atoms. The van der Waals surface area contributed by atoms with E-state index in [0.717, 1.165) is 22.4 Å². The van der Waals surface area contributed by atoms with E-state index in [0.29, 0.717) is 13.1 Å². The summed E-state index contributed by atoms with van der Waals surface area (Å²) in [4.78, 5) is 14.0. The minimum Gasteiger partial charge on any atom is -0.444 e. The number of aryl methyl sites for hydroxylation is 1. The van der Waals surface area contributed by atoms with Crippen molar-refractivity contribution in [2.75, 3.05) is 13.1 Å². The molecule has 1 atom stereocenters. The fourth-order valence-corrected chi connectivity index (χ4v) is 3.21. The molecule has 3 heterocycles. The molecule has 0 N–H and O–H groups in total. The summed E-state index contributed by atoms with van der Waals surface area (Å²) in [5.74, 6) is 0. The first-order valence-corrected chi connectivity index (χ1v) is 8.75. The van der Waals surface area contributed by atoms with E-state index in [4.69, 9.17) is 4.74 Å². The summed E-state index contributed by atoms with van der Waals surface area (Å²) in [6.45, 7) is 6.88. The van der Waals surface area contributed by atoms with E-state index in [1.807, 2.05) is 50.8 Å². The van der Waals surface area contributed by atoms with Crippen molar-refractivity contribution >= 4 is 22.0 Å². The first kappa shape index (κ1) is 17.0. The maximum atomic E-state index is 12.3. The van der Waals surface area contributed by atoms with Crippen molar-refractivity contribution in [1.82, 2.24) is 24.5 Å². The normalized spacial score (nSPS) is 18.2. The standard InChI is InChI=1S/C16H22BrN5O2/c1-16(2,3)24-15(23)21-8-5-11(10-21)22-13(9-14(17)19-22)12-6-7-20(4)18-12/h6-7,9,11H,5,8,10H2,1-4H3. The highest BCUT2D eigenvalue weighted by Gasteiger charge is 2.32. The zero-order valence-corrected chi connectivity index (χ0v) is 15.9. The quantitative estimate of drug-likeness (QED) is 0.782. The number of nitrogens with zero attached hydrogens (tertiary/aromatic N) is 5. The molecule has 0 aliphatic carbocycles. The number of rotatable bonds is 2. The number of ether oxygens (including phenoxy) is 1. The number of hydrogen-bond donors (Lipinski definition) is 0. The van der Waals surface area contributed by atoms with E-state index < -0.39 is 5.60 Å². The second-order valence-corrected chi connectivity index (χ2v) is 7.85. The SMILES string of the molecule is Cn1ccc(-c2cc(Br)nn2C2CCN(C(=O)OC(C)(C)C)C2)n1. The van der Waals surface area contributed by atoms with E-state index in [2.05, 4.69) is 26.1 Å². The van der Waals surface area contributed by atoms with Crippen LogP contribution in [-0.4, -0.2) is 49.2 Å². The zero-order chi connectivity index (χ0) is 17.5. The van der Waals surface area contributed by atoms with Gasteiger partial charge < -0.3 is 9.64 Å². The minimum absolute atomic E-state index is 0.112. The molecule has 130 valence electrons. The number of hydrogen-bond acceptors (Lipinski definition) is 4. The summed E-state index contributed by atoms with van der Waals surface area (Å²) in [6.07, 6.45) is 2.48. The number of carbonyl (C=O) groups is 1. The Kier molecular flexibility index (Phi) is 4.42. The van der Waals surface area contributed by atoms with Gasteiger partial charge in [0.15, 0.2) is 0 Å². The number of likely N-dealkylation sites (tertiary alicyclic amines) is 1. The summed E-state index contributed by atoms with van der Waals surface area (Å²) < 4.78 is 9.95. The largest absolute Gasteiger partial charge is 0.444 e. The Morgan fingerprint density at radius 2 is 2.12 bits per heavy atom. The van der Waals surface area contributed by atoms with Crippen molar-refractivity contribution in [3.8, 4) is 11.4 Å². The van der Waals surface area contributed by atoms with E-state index in [1.54, 1.807) is 9.58 Å². The van der Waals surface area contributed by atoms with Gasteiger partial charge in [-0.15, -0.1) is 0 Å². The molecule has 8 heteroatoms. The molecule has 7 nitrogen and oxygen atoms in total. The fourth-order valence-electron chi connectivity index (χ4n) is 2.82. The van der Waals surface area contributed by atoms with Crippen LogP contribution in [0.1, 0.15) is 33.2 Å². The van der Waals surface area contributed by atoms with Crippen LogP contribution in [0.4, 0.5) is 4.79 Å². The minimum atomic E-state index is -0.483. The molecule has 0 radical (unpaired) electrons. The first-order chi connectivity index (χ1) is 11.2. The molecule has 0 aromatic carbocycles. The molecule has 1 fully saturated rings. The van der Waals surface area contributed by atoms with Crippen LogP contribution in [0, 0.1) is 0 Å². The molecule has 0 spiro atoms. The molecule has 3 rings (SSSR count). The Balaban J connectivity index is 1.78. The van der Waals surface area contributed by atoms with Crippen molar-refractivity contribution in [2.45, 2.75) is 38.8 Å². The average molecular weight is 396 g/mol. The number of amides is 1. The Bertz CT molecular complexity index is 746. The third-order valence-electron chi connectivity index (χ3n) is 3.84. The molecule has 2 aromatic heterocycles. The van der Waals surface area contributed by atoms with Crippen molar-refractivity contribution < 1.29 is 9.53 Å². The molecule has 0 bridgehead atoms. The van der Waals surface area contributed by atoms with Gasteiger partial charge in [-0.2, -0.15) is 10.2 Å². The van der Waals surface area contributed by atoms with Crippen LogP contribution in [0.15, 0.2) is 22.9 Å². The van der Waals surface area contributed by atoms with E-state index in [-0.39, 0.29) is 12.1 Å². The fraction of sp³-hybridized carbons (Fsp3) is 0.562. The third-order valence-corrected chi connectivity index (χ3v) is 4.23. The monoisotopic (exact) mass is 395 g/mol. The van der Waals surface area contributed by atoms with Crippen LogP contribution in [-0.2, 0) is 11.8 Å². The molecule has 1 unspecified atom stereocenters. The third kappa shape index (κ3) is 3.63. The summed E-state index contributed by atoms with van der Waals surface area (Å²) in [5, 5.41) is 9.01. The maximum absolute atomic E-state index is 12.3. The number of halogens is 1. The van der Waals surface area contributed by atoms with Crippen molar-refractivity contribution in [2.24, 2.45) is 7.05 Å². The summed E-state index contributed by atoms with van der Waals surface area (Å²) in [5.41, 5.74) is 1.33. The van der Waals surface area contributed by atoms with Gasteiger partial charge >= 0.3 is 6.09 Å². The van der Waals surface area contributed by atoms with Crippen molar-refractivity contribution in [3.63, 3.8) is 0 Å². The average Bonchev–Trinajstić information content (AvgIpc) is 3.15. The Hall–Kier alpha value is -1.83. The second kappa shape index (κ2) is 6.23. The first-order valence-electron chi connectivity index (χ1n) is 7.96. The summed E-state index contributed by atoms with van der Waals surface area (Å²) in [7, 11) is 1.89. The Labute approximate surface area is 149 Å². The van der Waals surface area contributed by atoms with Gasteiger partial charge in [0, 0.05) is 32.4 Å². The predicted molar refractivity (Wildman–Crippen MR) is 93.6 cm³/mol. The highest BCUT2D eigenvalue weighted by atomic mass is 79.9. The second-order valence-electron chi connectivity index (χ2n) is 7.04. The van der Waals surface area contributed by atoms with Crippen LogP contribution < -0.4 is 0 Å². The van der Waals surface area contributed by atoms with Gasteiger partial charge in [0.1, 0.15) is 15.9 Å². The van der Waals surface area contributed by atoms with Crippen LogP contribution in [0.3, 0.4) is 0 Å². The van der Waals surface area contributed by atoms with Gasteiger partial charge in [-0.1, -0.05) is 0 Å². The van der Waals surface area contributed by atoms with E-state index >= 15 is 0 Å². The lowest BCUT2D eigenvalue weighted by molar-refractivity contribution is 0.0288. The van der Waals surface area contributed by atoms with E-state index in [9.17, 15) is 4.79 Å². The van der Waals surface area contributed by atoms with Crippen molar-refractivity contribution in [1.29, 1.82) is 0 Å². The molecule has 1 saturated heterocycles. The molecule has 1 aliphatic rings. The summed E-state index contributed by atoms with van der Waals surface area (Å²) in [6, 6.07) is 4.03. The molecular weight excluding hydrogens is 374 g/mol. The van der Waals surface area contributed by atoms with Gasteiger partial charge in [0.25, 0.3) is 0 Å². The van der Waals surface area contributed by atoms with Crippen molar-refractivity contribution in [3.05, 3.63) is 22.9 Å². The predicted octanol–water partition coefficient (Wildman–Crippen LogP) is 3.23. The highest BCUT2D eigenvalue weighted by molar-refractivity contribution is 9.10. The van der Waals surface area contributed by atoms with Gasteiger partial charge in [-0.05, 0) is 49.2 Å². The molecule has 1 amide bonds.